The van der Waals surface area contributed by atoms with E-state index in [1.54, 1.807) is 13.2 Å². The van der Waals surface area contributed by atoms with Crippen molar-refractivity contribution in [3.63, 3.8) is 0 Å². The summed E-state index contributed by atoms with van der Waals surface area (Å²) in [5.74, 6) is 0.364. The molecular formula is C7H8BrNO3S. The maximum atomic E-state index is 11.2. The number of hydroxylamine groups is 1. The van der Waals surface area contributed by atoms with Crippen LogP contribution in [0.4, 0.5) is 0 Å². The van der Waals surface area contributed by atoms with Crippen LogP contribution in [-0.2, 0) is 4.84 Å². The average molecular weight is 266 g/mol. The molecule has 0 atom stereocenters. The van der Waals surface area contributed by atoms with Gasteiger partial charge in [-0.2, -0.15) is 0 Å². The van der Waals surface area contributed by atoms with E-state index in [0.717, 1.165) is 3.79 Å². The van der Waals surface area contributed by atoms with Crippen LogP contribution < -0.4 is 10.2 Å². The molecule has 1 N–H and O–H groups in total. The minimum absolute atomic E-state index is 0.281. The van der Waals surface area contributed by atoms with Gasteiger partial charge in [-0.05, 0) is 15.9 Å². The molecule has 1 aromatic heterocycles. The van der Waals surface area contributed by atoms with Crippen LogP contribution >= 0.6 is 27.3 Å². The summed E-state index contributed by atoms with van der Waals surface area (Å²) in [4.78, 5) is 16.2. The van der Waals surface area contributed by atoms with Gasteiger partial charge in [-0.1, -0.05) is 0 Å². The zero-order valence-corrected chi connectivity index (χ0v) is 9.49. The Morgan fingerprint density at radius 3 is 2.77 bits per heavy atom. The van der Waals surface area contributed by atoms with Crippen molar-refractivity contribution in [2.45, 2.75) is 0 Å². The average Bonchev–Trinajstić information content (AvgIpc) is 2.47. The summed E-state index contributed by atoms with van der Waals surface area (Å²) in [6.07, 6.45) is 0. The van der Waals surface area contributed by atoms with Gasteiger partial charge in [0.25, 0.3) is 5.91 Å². The van der Waals surface area contributed by atoms with Crippen molar-refractivity contribution in [2.75, 3.05) is 14.2 Å². The molecular weight excluding hydrogens is 258 g/mol. The van der Waals surface area contributed by atoms with E-state index in [2.05, 4.69) is 26.2 Å². The molecule has 0 bridgehead atoms. The highest BCUT2D eigenvalue weighted by molar-refractivity contribution is 9.11. The summed E-state index contributed by atoms with van der Waals surface area (Å²) < 4.78 is 5.78. The Balaban J connectivity index is 2.84. The minimum Gasteiger partial charge on any atom is -0.495 e. The van der Waals surface area contributed by atoms with E-state index in [9.17, 15) is 4.79 Å². The van der Waals surface area contributed by atoms with Gasteiger partial charge in [0.2, 0.25) is 0 Å². The molecule has 0 aliphatic rings. The normalized spacial score (nSPS) is 9.77. The van der Waals surface area contributed by atoms with Gasteiger partial charge in [0.05, 0.1) is 19.1 Å². The summed E-state index contributed by atoms with van der Waals surface area (Å²) >= 11 is 4.56. The van der Waals surface area contributed by atoms with Gasteiger partial charge in [-0.3, -0.25) is 9.63 Å². The lowest BCUT2D eigenvalue weighted by atomic mass is 10.4. The predicted octanol–water partition coefficient (Wildman–Crippen LogP) is 1.81. The van der Waals surface area contributed by atoms with E-state index >= 15 is 0 Å². The van der Waals surface area contributed by atoms with Crippen LogP contribution in [0.3, 0.4) is 0 Å². The Bertz CT molecular complexity index is 313. The number of amides is 1. The Kier molecular flexibility index (Phi) is 3.71. The van der Waals surface area contributed by atoms with Crippen molar-refractivity contribution in [2.24, 2.45) is 0 Å². The van der Waals surface area contributed by atoms with Crippen LogP contribution in [0.2, 0.25) is 0 Å². The second-order valence-electron chi connectivity index (χ2n) is 2.09. The quantitative estimate of drug-likeness (QED) is 0.849. The smallest absolute Gasteiger partial charge is 0.285 e. The largest absolute Gasteiger partial charge is 0.495 e. The Morgan fingerprint density at radius 2 is 2.31 bits per heavy atom. The second-order valence-corrected chi connectivity index (χ2v) is 4.46. The van der Waals surface area contributed by atoms with Crippen LogP contribution in [0.25, 0.3) is 0 Å². The maximum absolute atomic E-state index is 11.2. The number of nitrogens with one attached hydrogen (secondary N) is 1. The molecule has 72 valence electrons. The van der Waals surface area contributed by atoms with E-state index in [1.807, 2.05) is 0 Å². The molecule has 13 heavy (non-hydrogen) atoms. The zero-order chi connectivity index (χ0) is 9.84. The van der Waals surface area contributed by atoms with Crippen LogP contribution in [-0.4, -0.2) is 20.1 Å². The molecule has 1 rings (SSSR count). The highest BCUT2D eigenvalue weighted by Crippen LogP contribution is 2.34. The molecule has 0 saturated carbocycles. The third-order valence-electron chi connectivity index (χ3n) is 1.29. The first-order valence-electron chi connectivity index (χ1n) is 3.35. The Labute approximate surface area is 87.9 Å². The fraction of sp³-hybridized carbons (Fsp3) is 0.286. The number of halogens is 1. The molecule has 0 aliphatic carbocycles. The topological polar surface area (TPSA) is 47.6 Å². The summed E-state index contributed by atoms with van der Waals surface area (Å²) in [5.41, 5.74) is 2.22. The number of rotatable bonds is 3. The van der Waals surface area contributed by atoms with E-state index in [4.69, 9.17) is 4.74 Å². The Hall–Kier alpha value is -0.590. The van der Waals surface area contributed by atoms with Crippen molar-refractivity contribution in [3.8, 4) is 5.75 Å². The summed E-state index contributed by atoms with van der Waals surface area (Å²) in [7, 11) is 2.93. The van der Waals surface area contributed by atoms with Gasteiger partial charge >= 0.3 is 0 Å². The zero-order valence-electron chi connectivity index (χ0n) is 7.09. The lowest BCUT2D eigenvalue weighted by Crippen LogP contribution is -2.20. The standard InChI is InChI=1S/C7H8BrNO3S/c1-11-4-3-5(13-6(4)8)7(10)9-12-2/h3H,1-2H3,(H,9,10). The number of carbonyl (C=O) groups excluding carboxylic acids is 1. The van der Waals surface area contributed by atoms with Crippen molar-refractivity contribution in [1.82, 2.24) is 5.48 Å². The van der Waals surface area contributed by atoms with E-state index in [-0.39, 0.29) is 5.91 Å². The lowest BCUT2D eigenvalue weighted by molar-refractivity contribution is 0.0542. The Morgan fingerprint density at radius 1 is 1.62 bits per heavy atom. The molecule has 1 aromatic rings. The highest BCUT2D eigenvalue weighted by atomic mass is 79.9. The van der Waals surface area contributed by atoms with Gasteiger partial charge in [0.1, 0.15) is 9.54 Å². The van der Waals surface area contributed by atoms with E-state index in [1.165, 1.54) is 18.4 Å². The molecule has 0 radical (unpaired) electrons. The maximum Gasteiger partial charge on any atom is 0.285 e. The second kappa shape index (κ2) is 4.59. The van der Waals surface area contributed by atoms with Crippen LogP contribution in [0.5, 0.6) is 5.75 Å². The van der Waals surface area contributed by atoms with Crippen LogP contribution in [0.1, 0.15) is 9.67 Å². The molecule has 0 unspecified atom stereocenters. The molecule has 0 fully saturated rings. The van der Waals surface area contributed by atoms with E-state index < -0.39 is 0 Å². The number of thiophene rings is 1. The van der Waals surface area contributed by atoms with E-state index in [0.29, 0.717) is 10.6 Å². The first-order valence-corrected chi connectivity index (χ1v) is 4.96. The first-order chi connectivity index (χ1) is 6.19. The predicted molar refractivity (Wildman–Crippen MR) is 53.0 cm³/mol. The number of hydrogen-bond acceptors (Lipinski definition) is 4. The van der Waals surface area contributed by atoms with Gasteiger partial charge in [0, 0.05) is 6.07 Å². The van der Waals surface area contributed by atoms with Crippen LogP contribution in [0, 0.1) is 0 Å². The van der Waals surface area contributed by atoms with Gasteiger partial charge < -0.3 is 4.74 Å². The number of methoxy groups -OCH3 is 1. The fourth-order valence-electron chi connectivity index (χ4n) is 0.746. The SMILES string of the molecule is CONC(=O)c1cc(OC)c(Br)s1. The summed E-state index contributed by atoms with van der Waals surface area (Å²) in [6, 6.07) is 1.64. The third-order valence-corrected chi connectivity index (χ3v) is 3.07. The van der Waals surface area contributed by atoms with Crippen molar-refractivity contribution >= 4 is 33.2 Å². The number of hydrogen-bond donors (Lipinski definition) is 1. The molecule has 6 heteroatoms. The number of carbonyl (C=O) groups is 1. The molecule has 0 saturated heterocycles. The number of ether oxygens (including phenoxy) is 1. The monoisotopic (exact) mass is 265 g/mol. The molecule has 1 amide bonds. The molecule has 1 heterocycles. The lowest BCUT2D eigenvalue weighted by Gasteiger charge is -1.96. The van der Waals surface area contributed by atoms with Crippen molar-refractivity contribution < 1.29 is 14.4 Å². The highest BCUT2D eigenvalue weighted by Gasteiger charge is 2.12. The van der Waals surface area contributed by atoms with Crippen LogP contribution in [0.15, 0.2) is 9.85 Å². The van der Waals surface area contributed by atoms with Crippen molar-refractivity contribution in [3.05, 3.63) is 14.7 Å². The van der Waals surface area contributed by atoms with Gasteiger partial charge in [-0.25, -0.2) is 5.48 Å². The van der Waals surface area contributed by atoms with Gasteiger partial charge in [-0.15, -0.1) is 11.3 Å². The third kappa shape index (κ3) is 2.43. The molecule has 4 nitrogen and oxygen atoms in total. The molecule has 0 aliphatic heterocycles. The summed E-state index contributed by atoms with van der Waals surface area (Å²) in [6.45, 7) is 0. The molecule has 0 spiro atoms. The fourth-order valence-corrected chi connectivity index (χ4v) is 2.28. The molecule has 0 aromatic carbocycles. The van der Waals surface area contributed by atoms with Crippen molar-refractivity contribution in [1.29, 1.82) is 0 Å². The first kappa shape index (κ1) is 10.5. The summed E-state index contributed by atoms with van der Waals surface area (Å²) in [5, 5.41) is 0. The minimum atomic E-state index is -0.281. The van der Waals surface area contributed by atoms with Gasteiger partial charge in [0.15, 0.2) is 0 Å².